The van der Waals surface area contributed by atoms with E-state index in [4.69, 9.17) is 9.84 Å². The summed E-state index contributed by atoms with van der Waals surface area (Å²) in [7, 11) is 0. The second-order valence-electron chi connectivity index (χ2n) is 4.14. The van der Waals surface area contributed by atoms with Gasteiger partial charge in [0.2, 0.25) is 5.44 Å². The Bertz CT molecular complexity index is 434. The second-order valence-corrected chi connectivity index (χ2v) is 5.31. The summed E-state index contributed by atoms with van der Waals surface area (Å²) in [5.41, 5.74) is -0.910. The van der Waals surface area contributed by atoms with Crippen LogP contribution in [-0.4, -0.2) is 33.3 Å². The predicted molar refractivity (Wildman–Crippen MR) is 76.3 cm³/mol. The highest BCUT2D eigenvalue weighted by atomic mass is 32.2. The van der Waals surface area contributed by atoms with Crippen molar-refractivity contribution < 1.29 is 24.5 Å². The number of unbranched alkanes of at least 4 members (excludes halogenated alkanes) is 1. The molecule has 1 aromatic rings. The van der Waals surface area contributed by atoms with Gasteiger partial charge in [0, 0.05) is 0 Å². The third kappa shape index (κ3) is 5.22. The molecule has 0 bridgehead atoms. The smallest absolute Gasteiger partial charge is 0.355 e. The highest BCUT2D eigenvalue weighted by Gasteiger charge is 2.27. The molecule has 0 radical (unpaired) electrons. The summed E-state index contributed by atoms with van der Waals surface area (Å²) < 4.78 is 4.85. The zero-order valence-corrected chi connectivity index (χ0v) is 12.0. The number of hydrogen-bond donors (Lipinski definition) is 2. The highest BCUT2D eigenvalue weighted by molar-refractivity contribution is 8.00. The first-order valence-corrected chi connectivity index (χ1v) is 7.39. The van der Waals surface area contributed by atoms with Crippen molar-refractivity contribution in [2.24, 2.45) is 0 Å². The lowest BCUT2D eigenvalue weighted by Crippen LogP contribution is -2.27. The number of aliphatic hydroxyl groups is 1. The lowest BCUT2D eigenvalue weighted by molar-refractivity contribution is -0.164. The molecule has 0 saturated carbocycles. The Kier molecular flexibility index (Phi) is 7.11. The molecular formula is C14H18O5S. The zero-order chi connectivity index (χ0) is 15.0. The quantitative estimate of drug-likeness (QED) is 0.435. The average molecular weight is 298 g/mol. The normalized spacial score (nSPS) is 13.5. The van der Waals surface area contributed by atoms with E-state index in [0.29, 0.717) is 11.3 Å². The summed E-state index contributed by atoms with van der Waals surface area (Å²) in [4.78, 5) is 22.8. The lowest BCUT2D eigenvalue weighted by atomic mass is 10.1. The SMILES string of the molecule is CCCCSC(OC(=O)C(O)c1ccccc1)C(=O)O. The average Bonchev–Trinajstić information content (AvgIpc) is 2.46. The van der Waals surface area contributed by atoms with Crippen LogP contribution in [0, 0.1) is 0 Å². The van der Waals surface area contributed by atoms with Gasteiger partial charge in [0.25, 0.3) is 0 Å². The third-order valence-corrected chi connectivity index (χ3v) is 3.66. The van der Waals surface area contributed by atoms with E-state index in [9.17, 15) is 14.7 Å². The van der Waals surface area contributed by atoms with Crippen LogP contribution in [0.25, 0.3) is 0 Å². The molecule has 110 valence electrons. The number of carbonyl (C=O) groups is 2. The van der Waals surface area contributed by atoms with Gasteiger partial charge in [-0.15, -0.1) is 11.8 Å². The molecule has 0 aromatic heterocycles. The molecule has 1 aromatic carbocycles. The van der Waals surface area contributed by atoms with E-state index in [1.165, 1.54) is 0 Å². The molecule has 2 unspecified atom stereocenters. The van der Waals surface area contributed by atoms with Crippen LogP contribution in [0.2, 0.25) is 0 Å². The maximum absolute atomic E-state index is 11.7. The van der Waals surface area contributed by atoms with Crippen molar-refractivity contribution in [3.63, 3.8) is 0 Å². The molecule has 2 atom stereocenters. The van der Waals surface area contributed by atoms with Crippen LogP contribution in [0.4, 0.5) is 0 Å². The molecule has 5 nitrogen and oxygen atoms in total. The fourth-order valence-corrected chi connectivity index (χ4v) is 2.41. The van der Waals surface area contributed by atoms with Crippen LogP contribution in [0.5, 0.6) is 0 Å². The largest absolute Gasteiger partial charge is 0.478 e. The van der Waals surface area contributed by atoms with Gasteiger partial charge in [-0.3, -0.25) is 0 Å². The maximum Gasteiger partial charge on any atom is 0.355 e. The first kappa shape index (κ1) is 16.5. The number of esters is 1. The minimum atomic E-state index is -1.47. The number of aliphatic hydroxyl groups excluding tert-OH is 1. The zero-order valence-electron chi connectivity index (χ0n) is 11.2. The van der Waals surface area contributed by atoms with E-state index < -0.39 is 23.5 Å². The predicted octanol–water partition coefficient (Wildman–Crippen LogP) is 2.21. The first-order chi connectivity index (χ1) is 9.56. The Morgan fingerprint density at radius 1 is 1.30 bits per heavy atom. The molecule has 0 aliphatic rings. The van der Waals surface area contributed by atoms with Crippen molar-refractivity contribution in [3.8, 4) is 0 Å². The maximum atomic E-state index is 11.7. The third-order valence-electron chi connectivity index (χ3n) is 2.53. The standard InChI is InChI=1S/C14H18O5S/c1-2-3-9-20-14(12(16)17)19-13(18)11(15)10-7-5-4-6-8-10/h4-8,11,14-15H,2-3,9H2,1H3,(H,16,17). The molecule has 0 heterocycles. The fraction of sp³-hybridized carbons (Fsp3) is 0.429. The van der Waals surface area contributed by atoms with Crippen molar-refractivity contribution in [1.82, 2.24) is 0 Å². The van der Waals surface area contributed by atoms with E-state index in [2.05, 4.69) is 0 Å². The number of thioether (sulfide) groups is 1. The van der Waals surface area contributed by atoms with Crippen molar-refractivity contribution in [3.05, 3.63) is 35.9 Å². The summed E-state index contributed by atoms with van der Waals surface area (Å²) in [6.07, 6.45) is 0.303. The Labute approximate surface area is 121 Å². The summed E-state index contributed by atoms with van der Waals surface area (Å²) in [6, 6.07) is 8.26. The van der Waals surface area contributed by atoms with Gasteiger partial charge >= 0.3 is 11.9 Å². The number of carboxylic acids is 1. The number of carboxylic acid groups (broad SMARTS) is 1. The highest BCUT2D eigenvalue weighted by Crippen LogP contribution is 2.20. The monoisotopic (exact) mass is 298 g/mol. The van der Waals surface area contributed by atoms with Gasteiger partial charge < -0.3 is 14.9 Å². The van der Waals surface area contributed by atoms with Gasteiger partial charge in [0.15, 0.2) is 6.10 Å². The molecule has 0 amide bonds. The Hall–Kier alpha value is -1.53. The second kappa shape index (κ2) is 8.60. The number of rotatable bonds is 8. The summed E-state index contributed by atoms with van der Waals surface area (Å²) in [5.74, 6) is -1.59. The van der Waals surface area contributed by atoms with Crippen LogP contribution in [0.1, 0.15) is 31.4 Å². The molecule has 6 heteroatoms. The topological polar surface area (TPSA) is 83.8 Å². The fourth-order valence-electron chi connectivity index (χ4n) is 1.43. The lowest BCUT2D eigenvalue weighted by Gasteiger charge is -2.16. The van der Waals surface area contributed by atoms with Crippen LogP contribution in [-0.2, 0) is 14.3 Å². The van der Waals surface area contributed by atoms with Crippen LogP contribution >= 0.6 is 11.8 Å². The van der Waals surface area contributed by atoms with Crippen LogP contribution < -0.4 is 0 Å². The number of aliphatic carboxylic acids is 1. The number of carbonyl (C=O) groups excluding carboxylic acids is 1. The van der Waals surface area contributed by atoms with Gasteiger partial charge in [-0.1, -0.05) is 43.7 Å². The van der Waals surface area contributed by atoms with Crippen molar-refractivity contribution >= 4 is 23.7 Å². The van der Waals surface area contributed by atoms with Gasteiger partial charge in [-0.05, 0) is 17.7 Å². The summed E-state index contributed by atoms with van der Waals surface area (Å²) in [6.45, 7) is 1.99. The van der Waals surface area contributed by atoms with E-state index >= 15 is 0 Å². The molecule has 0 aliphatic carbocycles. The molecule has 1 rings (SSSR count). The van der Waals surface area contributed by atoms with Gasteiger partial charge in [-0.25, -0.2) is 9.59 Å². The Morgan fingerprint density at radius 3 is 2.50 bits per heavy atom. The van der Waals surface area contributed by atoms with Crippen LogP contribution in [0.15, 0.2) is 30.3 Å². The van der Waals surface area contributed by atoms with Crippen LogP contribution in [0.3, 0.4) is 0 Å². The number of hydrogen-bond acceptors (Lipinski definition) is 5. The van der Waals surface area contributed by atoms with E-state index in [1.807, 2.05) is 6.92 Å². The Balaban J connectivity index is 2.59. The van der Waals surface area contributed by atoms with Crippen molar-refractivity contribution in [2.75, 3.05) is 5.75 Å². The van der Waals surface area contributed by atoms with E-state index in [-0.39, 0.29) is 0 Å². The minimum Gasteiger partial charge on any atom is -0.478 e. The summed E-state index contributed by atoms with van der Waals surface area (Å²) >= 11 is 1.04. The first-order valence-electron chi connectivity index (χ1n) is 6.34. The van der Waals surface area contributed by atoms with Crippen molar-refractivity contribution in [2.45, 2.75) is 31.3 Å². The number of ether oxygens (including phenoxy) is 1. The summed E-state index contributed by atoms with van der Waals surface area (Å²) in [5, 5.41) is 18.8. The van der Waals surface area contributed by atoms with Crippen molar-refractivity contribution in [1.29, 1.82) is 0 Å². The van der Waals surface area contributed by atoms with Gasteiger partial charge in [0.1, 0.15) is 0 Å². The number of benzene rings is 1. The molecule has 0 aliphatic heterocycles. The molecule has 0 spiro atoms. The Morgan fingerprint density at radius 2 is 1.95 bits per heavy atom. The molecule has 2 N–H and O–H groups in total. The minimum absolute atomic E-state index is 0.375. The molecule has 0 saturated heterocycles. The molecule has 0 fully saturated rings. The van der Waals surface area contributed by atoms with E-state index in [0.717, 1.165) is 24.6 Å². The molecular weight excluding hydrogens is 280 g/mol. The van der Waals surface area contributed by atoms with E-state index in [1.54, 1.807) is 30.3 Å². The molecule has 20 heavy (non-hydrogen) atoms. The van der Waals surface area contributed by atoms with Gasteiger partial charge in [0.05, 0.1) is 0 Å². The van der Waals surface area contributed by atoms with Gasteiger partial charge in [-0.2, -0.15) is 0 Å².